The van der Waals surface area contributed by atoms with Crippen LogP contribution in [0.15, 0.2) is 84.0 Å². The number of aryl methyl sites for hydroxylation is 1. The number of carbonyl (C=O) groups excluding carboxylic acids is 1. The number of hydrogen-bond acceptors (Lipinski definition) is 4. The molecular formula is C26H26N4O. The topological polar surface area (TPSA) is 39.2 Å². The molecule has 1 unspecified atom stereocenters. The van der Waals surface area contributed by atoms with Gasteiger partial charge in [-0.15, -0.1) is 5.10 Å². The SMILES string of the molecule is CC(=O)N1CC(Cc2ccccc2)N2C(=N1)N(Cc1ccc(C)cc1)c1ccccc12. The van der Waals surface area contributed by atoms with Gasteiger partial charge in [0, 0.05) is 6.92 Å². The van der Waals surface area contributed by atoms with Gasteiger partial charge >= 0.3 is 0 Å². The zero-order chi connectivity index (χ0) is 21.4. The Morgan fingerprint density at radius 3 is 2.29 bits per heavy atom. The zero-order valence-corrected chi connectivity index (χ0v) is 17.9. The number of para-hydroxylation sites is 2. The minimum Gasteiger partial charge on any atom is -0.304 e. The van der Waals surface area contributed by atoms with E-state index in [2.05, 4.69) is 89.5 Å². The van der Waals surface area contributed by atoms with Crippen LogP contribution in [0.4, 0.5) is 11.4 Å². The second-order valence-corrected chi connectivity index (χ2v) is 8.28. The van der Waals surface area contributed by atoms with Crippen molar-refractivity contribution in [3.8, 4) is 0 Å². The maximum atomic E-state index is 12.3. The van der Waals surface area contributed by atoms with Crippen molar-refractivity contribution in [2.75, 3.05) is 16.3 Å². The predicted molar refractivity (Wildman–Crippen MR) is 125 cm³/mol. The highest BCUT2D eigenvalue weighted by molar-refractivity contribution is 6.17. The van der Waals surface area contributed by atoms with Gasteiger partial charge in [-0.25, -0.2) is 5.01 Å². The molecule has 2 aliphatic heterocycles. The third kappa shape index (κ3) is 3.67. The molecule has 2 heterocycles. The molecule has 0 aromatic heterocycles. The molecule has 3 aromatic rings. The Morgan fingerprint density at radius 2 is 1.58 bits per heavy atom. The Hall–Kier alpha value is -3.60. The van der Waals surface area contributed by atoms with E-state index >= 15 is 0 Å². The molecule has 3 aromatic carbocycles. The van der Waals surface area contributed by atoms with Crippen LogP contribution < -0.4 is 9.80 Å². The van der Waals surface area contributed by atoms with E-state index in [9.17, 15) is 4.79 Å². The fraction of sp³-hybridized carbons (Fsp3) is 0.231. The monoisotopic (exact) mass is 410 g/mol. The highest BCUT2D eigenvalue weighted by atomic mass is 16.2. The fourth-order valence-electron chi connectivity index (χ4n) is 4.41. The first-order valence-electron chi connectivity index (χ1n) is 10.7. The van der Waals surface area contributed by atoms with Crippen molar-refractivity contribution in [1.29, 1.82) is 0 Å². The summed E-state index contributed by atoms with van der Waals surface area (Å²) in [5.74, 6) is 0.792. The smallest absolute Gasteiger partial charge is 0.239 e. The van der Waals surface area contributed by atoms with Gasteiger partial charge in [0.2, 0.25) is 11.9 Å². The molecule has 5 heteroatoms. The molecule has 0 N–H and O–H groups in total. The van der Waals surface area contributed by atoms with Gasteiger partial charge in [0.05, 0.1) is 30.5 Å². The summed E-state index contributed by atoms with van der Waals surface area (Å²) in [6, 6.07) is 27.6. The summed E-state index contributed by atoms with van der Waals surface area (Å²) in [5.41, 5.74) is 5.99. The second kappa shape index (κ2) is 7.91. The number of carbonyl (C=O) groups is 1. The van der Waals surface area contributed by atoms with E-state index in [-0.39, 0.29) is 11.9 Å². The van der Waals surface area contributed by atoms with Crippen molar-refractivity contribution in [2.24, 2.45) is 5.10 Å². The first kappa shape index (κ1) is 19.4. The van der Waals surface area contributed by atoms with E-state index in [1.807, 2.05) is 6.07 Å². The first-order chi connectivity index (χ1) is 15.1. The Labute approximate surface area is 183 Å². The summed E-state index contributed by atoms with van der Waals surface area (Å²) < 4.78 is 0. The standard InChI is InChI=1S/C26H26N4O/c1-19-12-14-22(15-13-19)17-28-24-10-6-7-11-25(24)30-23(16-21-8-4-3-5-9-21)18-29(20(2)31)27-26(28)30/h3-15,23H,16-18H2,1-2H3. The van der Waals surface area contributed by atoms with Crippen LogP contribution in [0.25, 0.3) is 0 Å². The predicted octanol–water partition coefficient (Wildman–Crippen LogP) is 4.57. The van der Waals surface area contributed by atoms with Crippen LogP contribution >= 0.6 is 0 Å². The van der Waals surface area contributed by atoms with Gasteiger partial charge in [-0.05, 0) is 36.6 Å². The lowest BCUT2D eigenvalue weighted by Crippen LogP contribution is -2.55. The van der Waals surface area contributed by atoms with Gasteiger partial charge in [0.1, 0.15) is 0 Å². The van der Waals surface area contributed by atoms with Crippen LogP contribution in [0.2, 0.25) is 0 Å². The highest BCUT2D eigenvalue weighted by Gasteiger charge is 2.41. The quantitative estimate of drug-likeness (QED) is 0.633. The Kier molecular flexibility index (Phi) is 4.94. The number of benzene rings is 3. The Balaban J connectivity index is 1.56. The molecular weight excluding hydrogens is 384 g/mol. The summed E-state index contributed by atoms with van der Waals surface area (Å²) in [7, 11) is 0. The average molecular weight is 411 g/mol. The van der Waals surface area contributed by atoms with Crippen molar-refractivity contribution in [2.45, 2.75) is 32.9 Å². The number of hydrazone groups is 1. The normalized spacial score (nSPS) is 17.3. The van der Waals surface area contributed by atoms with Crippen LogP contribution in [0, 0.1) is 6.92 Å². The number of amides is 1. The van der Waals surface area contributed by atoms with Crippen LogP contribution in [0.3, 0.4) is 0 Å². The molecule has 0 aliphatic carbocycles. The van der Waals surface area contributed by atoms with Crippen molar-refractivity contribution in [3.05, 3.63) is 95.6 Å². The third-order valence-electron chi connectivity index (χ3n) is 5.99. The zero-order valence-electron chi connectivity index (χ0n) is 17.9. The van der Waals surface area contributed by atoms with E-state index in [1.54, 1.807) is 11.9 Å². The van der Waals surface area contributed by atoms with Crippen molar-refractivity contribution in [3.63, 3.8) is 0 Å². The Bertz CT molecular complexity index is 1120. The molecule has 0 bridgehead atoms. The molecule has 0 fully saturated rings. The van der Waals surface area contributed by atoms with Crippen LogP contribution in [0.5, 0.6) is 0 Å². The van der Waals surface area contributed by atoms with Crippen LogP contribution in [-0.4, -0.2) is 29.5 Å². The molecule has 2 aliphatic rings. The number of rotatable bonds is 4. The van der Waals surface area contributed by atoms with Crippen LogP contribution in [-0.2, 0) is 17.8 Å². The maximum absolute atomic E-state index is 12.3. The molecule has 0 spiro atoms. The molecule has 1 amide bonds. The van der Waals surface area contributed by atoms with Crippen LogP contribution in [0.1, 0.15) is 23.6 Å². The fourth-order valence-corrected chi connectivity index (χ4v) is 4.41. The van der Waals surface area contributed by atoms with Crippen molar-refractivity contribution >= 4 is 23.2 Å². The first-order valence-corrected chi connectivity index (χ1v) is 10.7. The van der Waals surface area contributed by atoms with E-state index in [4.69, 9.17) is 5.10 Å². The lowest BCUT2D eigenvalue weighted by molar-refractivity contribution is -0.129. The number of hydrogen-bond donors (Lipinski definition) is 0. The van der Waals surface area contributed by atoms with Gasteiger partial charge in [-0.3, -0.25) is 4.79 Å². The van der Waals surface area contributed by atoms with E-state index in [0.717, 1.165) is 23.8 Å². The van der Waals surface area contributed by atoms with Crippen molar-refractivity contribution < 1.29 is 4.79 Å². The molecule has 1 atom stereocenters. The summed E-state index contributed by atoms with van der Waals surface area (Å²) in [4.78, 5) is 16.9. The second-order valence-electron chi connectivity index (χ2n) is 8.28. The van der Waals surface area contributed by atoms with Gasteiger partial charge < -0.3 is 9.80 Å². The van der Waals surface area contributed by atoms with Gasteiger partial charge in [-0.2, -0.15) is 0 Å². The molecule has 156 valence electrons. The lowest BCUT2D eigenvalue weighted by Gasteiger charge is -2.38. The number of fused-ring (bicyclic) bond motifs is 3. The largest absolute Gasteiger partial charge is 0.304 e. The molecule has 31 heavy (non-hydrogen) atoms. The average Bonchev–Trinajstić information content (AvgIpc) is 3.10. The summed E-state index contributed by atoms with van der Waals surface area (Å²) in [6.45, 7) is 4.96. The summed E-state index contributed by atoms with van der Waals surface area (Å²) >= 11 is 0. The van der Waals surface area contributed by atoms with Crippen molar-refractivity contribution in [1.82, 2.24) is 5.01 Å². The number of guanidine groups is 1. The number of anilines is 2. The van der Waals surface area contributed by atoms with Gasteiger partial charge in [0.15, 0.2) is 0 Å². The molecule has 5 nitrogen and oxygen atoms in total. The van der Waals surface area contributed by atoms with E-state index in [0.29, 0.717) is 13.1 Å². The summed E-state index contributed by atoms with van der Waals surface area (Å²) in [5, 5.41) is 6.42. The van der Waals surface area contributed by atoms with E-state index in [1.165, 1.54) is 16.7 Å². The lowest BCUT2D eigenvalue weighted by atomic mass is 10.0. The highest BCUT2D eigenvalue weighted by Crippen LogP contribution is 2.41. The molecule has 5 rings (SSSR count). The van der Waals surface area contributed by atoms with Gasteiger partial charge in [-0.1, -0.05) is 72.3 Å². The minimum atomic E-state index is -0.0311. The third-order valence-corrected chi connectivity index (χ3v) is 5.99. The summed E-state index contributed by atoms with van der Waals surface area (Å²) in [6.07, 6.45) is 0.844. The molecule has 0 saturated carbocycles. The number of nitrogens with zero attached hydrogens (tertiary/aromatic N) is 4. The Morgan fingerprint density at radius 1 is 0.903 bits per heavy atom. The molecule has 0 saturated heterocycles. The van der Waals surface area contributed by atoms with Gasteiger partial charge in [0.25, 0.3) is 0 Å². The molecule has 0 radical (unpaired) electrons. The maximum Gasteiger partial charge on any atom is 0.239 e. The minimum absolute atomic E-state index is 0.0311. The van der Waals surface area contributed by atoms with E-state index < -0.39 is 0 Å².